The normalized spacial score (nSPS) is 13.8. The molecule has 0 saturated heterocycles. The Morgan fingerprint density at radius 2 is 2.18 bits per heavy atom. The van der Waals surface area contributed by atoms with Crippen LogP contribution in [-0.4, -0.2) is 25.7 Å². The smallest absolute Gasteiger partial charge is 0.252 e. The summed E-state index contributed by atoms with van der Waals surface area (Å²) in [4.78, 5) is 23.5. The van der Waals surface area contributed by atoms with Gasteiger partial charge >= 0.3 is 0 Å². The summed E-state index contributed by atoms with van der Waals surface area (Å²) >= 11 is 1.63. The molecule has 1 aliphatic rings. The van der Waals surface area contributed by atoms with Gasteiger partial charge in [0.25, 0.3) is 5.91 Å². The van der Waals surface area contributed by atoms with E-state index in [0.717, 1.165) is 34.5 Å². The highest BCUT2D eigenvalue weighted by Gasteiger charge is 2.29. The molecule has 0 bridgehead atoms. The third-order valence-corrected chi connectivity index (χ3v) is 5.82. The quantitative estimate of drug-likeness (QED) is 0.560. The van der Waals surface area contributed by atoms with Crippen LogP contribution >= 0.6 is 11.3 Å². The second kappa shape index (κ2) is 6.83. The average Bonchev–Trinajstić information content (AvgIpc) is 3.34. The molecule has 1 N–H and O–H groups in total. The number of aryl methyl sites for hydroxylation is 1. The molecule has 28 heavy (non-hydrogen) atoms. The lowest BCUT2D eigenvalue weighted by Gasteiger charge is -2.09. The Hall–Kier alpha value is -3.06. The number of fused-ring (bicyclic) bond motifs is 1. The molecule has 140 valence electrons. The molecule has 1 amide bonds. The summed E-state index contributed by atoms with van der Waals surface area (Å²) in [5, 5.41) is 10.5. The third kappa shape index (κ3) is 3.07. The fourth-order valence-corrected chi connectivity index (χ4v) is 4.03. The first kappa shape index (κ1) is 17.1. The predicted octanol–water partition coefficient (Wildman–Crippen LogP) is 3.99. The molecule has 5 rings (SSSR count). The molecule has 0 aliphatic heterocycles. The van der Waals surface area contributed by atoms with E-state index in [1.165, 1.54) is 0 Å². The Kier molecular flexibility index (Phi) is 4.16. The van der Waals surface area contributed by atoms with Crippen molar-refractivity contribution in [2.24, 2.45) is 0 Å². The number of aromatic nitrogens is 4. The minimum Gasteiger partial charge on any atom is -0.347 e. The summed E-state index contributed by atoms with van der Waals surface area (Å²) in [6.07, 6.45) is 3.97. The molecule has 1 saturated carbocycles. The van der Waals surface area contributed by atoms with Gasteiger partial charge in [0.2, 0.25) is 0 Å². The van der Waals surface area contributed by atoms with Gasteiger partial charge in [-0.2, -0.15) is 9.78 Å². The van der Waals surface area contributed by atoms with Gasteiger partial charge < -0.3 is 5.32 Å². The number of carbonyl (C=O) groups excluding carboxylic acids is 1. The number of amides is 1. The lowest BCUT2D eigenvalue weighted by molar-refractivity contribution is 0.0952. The summed E-state index contributed by atoms with van der Waals surface area (Å²) in [6, 6.07) is 11.6. The van der Waals surface area contributed by atoms with Crippen molar-refractivity contribution in [2.45, 2.75) is 32.2 Å². The number of thiophene rings is 1. The summed E-state index contributed by atoms with van der Waals surface area (Å²) in [6.45, 7) is 2.43. The van der Waals surface area contributed by atoms with Crippen molar-refractivity contribution in [1.29, 1.82) is 0 Å². The topological polar surface area (TPSA) is 72.7 Å². The van der Waals surface area contributed by atoms with Crippen molar-refractivity contribution in [2.75, 3.05) is 0 Å². The zero-order valence-corrected chi connectivity index (χ0v) is 16.2. The van der Waals surface area contributed by atoms with Crippen LogP contribution in [0.25, 0.3) is 16.9 Å². The first-order chi connectivity index (χ1) is 13.7. The number of pyridine rings is 2. The molecular formula is C21H19N5OS. The molecule has 0 spiro atoms. The second-order valence-electron chi connectivity index (χ2n) is 7.01. The molecule has 0 atom stereocenters. The Labute approximate surface area is 166 Å². The first-order valence-corrected chi connectivity index (χ1v) is 10.2. The largest absolute Gasteiger partial charge is 0.347 e. The van der Waals surface area contributed by atoms with Gasteiger partial charge in [-0.3, -0.25) is 4.79 Å². The van der Waals surface area contributed by atoms with E-state index in [4.69, 9.17) is 4.98 Å². The minimum absolute atomic E-state index is 0.0913. The number of rotatable bonds is 5. The SMILES string of the molecule is Cc1nn(-c2ccccn2)c2nc(C3CC3)cc(C(=O)NCc3cccs3)c12. The number of hydrogen-bond donors (Lipinski definition) is 1. The maximum absolute atomic E-state index is 13.1. The maximum atomic E-state index is 13.1. The number of hydrogen-bond acceptors (Lipinski definition) is 5. The van der Waals surface area contributed by atoms with Crippen LogP contribution in [0, 0.1) is 6.92 Å². The lowest BCUT2D eigenvalue weighted by atomic mass is 10.1. The van der Waals surface area contributed by atoms with E-state index in [2.05, 4.69) is 15.4 Å². The molecule has 6 nitrogen and oxygen atoms in total. The highest BCUT2D eigenvalue weighted by molar-refractivity contribution is 7.09. The maximum Gasteiger partial charge on any atom is 0.252 e. The van der Waals surface area contributed by atoms with Gasteiger partial charge in [0.1, 0.15) is 0 Å². The molecule has 4 aromatic heterocycles. The number of nitrogens with zero attached hydrogens (tertiary/aromatic N) is 4. The molecule has 7 heteroatoms. The van der Waals surface area contributed by atoms with Gasteiger partial charge in [0.15, 0.2) is 11.5 Å². The fraction of sp³-hybridized carbons (Fsp3) is 0.238. The summed E-state index contributed by atoms with van der Waals surface area (Å²) in [5.74, 6) is 1.04. The van der Waals surface area contributed by atoms with Crippen LogP contribution in [0.2, 0.25) is 0 Å². The second-order valence-corrected chi connectivity index (χ2v) is 8.05. The molecular weight excluding hydrogens is 370 g/mol. The van der Waals surface area contributed by atoms with Crippen LogP contribution < -0.4 is 5.32 Å². The van der Waals surface area contributed by atoms with Crippen LogP contribution in [0.1, 0.15) is 45.4 Å². The van der Waals surface area contributed by atoms with Crippen molar-refractivity contribution in [3.05, 3.63) is 69.8 Å². The van der Waals surface area contributed by atoms with E-state index in [0.29, 0.717) is 29.5 Å². The Balaban J connectivity index is 1.61. The Morgan fingerprint density at radius 1 is 1.29 bits per heavy atom. The highest BCUT2D eigenvalue weighted by atomic mass is 32.1. The average molecular weight is 389 g/mol. The van der Waals surface area contributed by atoms with Crippen LogP contribution in [0.3, 0.4) is 0 Å². The van der Waals surface area contributed by atoms with E-state index >= 15 is 0 Å². The van der Waals surface area contributed by atoms with Gasteiger partial charge in [-0.25, -0.2) is 9.97 Å². The van der Waals surface area contributed by atoms with Crippen LogP contribution in [-0.2, 0) is 6.54 Å². The van der Waals surface area contributed by atoms with Crippen molar-refractivity contribution in [3.8, 4) is 5.82 Å². The molecule has 0 unspecified atom stereocenters. The van der Waals surface area contributed by atoms with Crippen molar-refractivity contribution >= 4 is 28.3 Å². The standard InChI is InChI=1S/C21H19N5OS/c1-13-19-16(21(27)23-12-15-5-4-10-28-15)11-17(14-7-8-14)24-20(19)26(25-13)18-6-2-3-9-22-18/h2-6,9-11,14H,7-8,12H2,1H3,(H,23,27). The predicted molar refractivity (Wildman–Crippen MR) is 109 cm³/mol. The van der Waals surface area contributed by atoms with Gasteiger partial charge in [0.05, 0.1) is 23.2 Å². The highest BCUT2D eigenvalue weighted by Crippen LogP contribution is 2.40. The van der Waals surface area contributed by atoms with Crippen molar-refractivity contribution in [1.82, 2.24) is 25.1 Å². The molecule has 1 fully saturated rings. The zero-order valence-electron chi connectivity index (χ0n) is 15.4. The fourth-order valence-electron chi connectivity index (χ4n) is 3.39. The Bertz CT molecular complexity index is 1150. The lowest BCUT2D eigenvalue weighted by Crippen LogP contribution is -2.23. The van der Waals surface area contributed by atoms with Gasteiger partial charge in [-0.05, 0) is 49.4 Å². The number of carbonyl (C=O) groups is 1. The monoisotopic (exact) mass is 389 g/mol. The van der Waals surface area contributed by atoms with E-state index in [9.17, 15) is 4.79 Å². The van der Waals surface area contributed by atoms with E-state index < -0.39 is 0 Å². The molecule has 0 radical (unpaired) electrons. The van der Waals surface area contributed by atoms with Crippen LogP contribution in [0.15, 0.2) is 48.0 Å². The van der Waals surface area contributed by atoms with E-state index in [1.807, 2.05) is 48.7 Å². The zero-order chi connectivity index (χ0) is 19.1. The van der Waals surface area contributed by atoms with Gasteiger partial charge in [0, 0.05) is 22.7 Å². The van der Waals surface area contributed by atoms with Gasteiger partial charge in [-0.1, -0.05) is 12.1 Å². The van der Waals surface area contributed by atoms with E-state index in [-0.39, 0.29) is 5.91 Å². The minimum atomic E-state index is -0.0913. The summed E-state index contributed by atoms with van der Waals surface area (Å²) in [7, 11) is 0. The molecule has 1 aliphatic carbocycles. The molecule has 4 aromatic rings. The third-order valence-electron chi connectivity index (χ3n) is 4.94. The van der Waals surface area contributed by atoms with Crippen LogP contribution in [0.4, 0.5) is 0 Å². The summed E-state index contributed by atoms with van der Waals surface area (Å²) in [5.41, 5.74) is 3.08. The molecule has 4 heterocycles. The Morgan fingerprint density at radius 3 is 2.89 bits per heavy atom. The van der Waals surface area contributed by atoms with Crippen molar-refractivity contribution in [3.63, 3.8) is 0 Å². The van der Waals surface area contributed by atoms with Crippen LogP contribution in [0.5, 0.6) is 0 Å². The first-order valence-electron chi connectivity index (χ1n) is 9.33. The number of nitrogens with one attached hydrogen (secondary N) is 1. The van der Waals surface area contributed by atoms with Crippen molar-refractivity contribution < 1.29 is 4.79 Å². The summed E-state index contributed by atoms with van der Waals surface area (Å²) < 4.78 is 1.74. The van der Waals surface area contributed by atoms with Gasteiger partial charge in [-0.15, -0.1) is 11.3 Å². The molecule has 0 aromatic carbocycles. The van der Waals surface area contributed by atoms with E-state index in [1.54, 1.807) is 22.2 Å².